The van der Waals surface area contributed by atoms with Gasteiger partial charge in [-0.05, 0) is 30.5 Å². The molecular formula is C13H17NO3. The number of aryl methyl sites for hydroxylation is 1. The molecule has 1 atom stereocenters. The third-order valence-corrected chi connectivity index (χ3v) is 2.33. The molecule has 0 amide bonds. The third kappa shape index (κ3) is 4.70. The van der Waals surface area contributed by atoms with Crippen molar-refractivity contribution in [1.82, 2.24) is 0 Å². The number of ether oxygens (including phenoxy) is 1. The van der Waals surface area contributed by atoms with Gasteiger partial charge >= 0.3 is 5.97 Å². The Bertz CT molecular complexity index is 390. The van der Waals surface area contributed by atoms with E-state index in [9.17, 15) is 4.79 Å². The minimum atomic E-state index is -0.968. The van der Waals surface area contributed by atoms with Crippen LogP contribution in [0.3, 0.4) is 0 Å². The van der Waals surface area contributed by atoms with Crippen molar-refractivity contribution in [2.45, 2.75) is 18.9 Å². The van der Waals surface area contributed by atoms with Crippen LogP contribution in [0.1, 0.15) is 12.0 Å². The highest BCUT2D eigenvalue weighted by Crippen LogP contribution is 2.15. The molecule has 0 heterocycles. The van der Waals surface area contributed by atoms with Crippen molar-refractivity contribution in [1.29, 1.82) is 0 Å². The fourth-order valence-corrected chi connectivity index (χ4v) is 1.39. The summed E-state index contributed by atoms with van der Waals surface area (Å²) in [6, 6.07) is 6.73. The van der Waals surface area contributed by atoms with Gasteiger partial charge in [-0.2, -0.15) is 0 Å². The molecule has 0 aromatic heterocycles. The molecule has 1 unspecified atom stereocenters. The minimum absolute atomic E-state index is 0.417. The fraction of sp³-hybridized carbons (Fsp3) is 0.308. The summed E-state index contributed by atoms with van der Waals surface area (Å²) in [6.45, 7) is 4.03. The molecule has 0 bridgehead atoms. The molecule has 0 aliphatic carbocycles. The number of nitrogens with two attached hydrogens (primary N) is 1. The second-order valence-corrected chi connectivity index (χ2v) is 3.73. The molecule has 1 aromatic rings. The molecule has 0 fully saturated rings. The van der Waals surface area contributed by atoms with Crippen molar-refractivity contribution < 1.29 is 14.6 Å². The van der Waals surface area contributed by atoms with Crippen LogP contribution < -0.4 is 10.5 Å². The van der Waals surface area contributed by atoms with Crippen molar-refractivity contribution in [3.63, 3.8) is 0 Å². The van der Waals surface area contributed by atoms with Gasteiger partial charge in [0.05, 0.1) is 0 Å². The van der Waals surface area contributed by atoms with Gasteiger partial charge in [-0.15, -0.1) is 0 Å². The lowest BCUT2D eigenvalue weighted by molar-refractivity contribution is -0.138. The van der Waals surface area contributed by atoms with Crippen molar-refractivity contribution in [3.05, 3.63) is 42.5 Å². The second kappa shape index (κ2) is 6.70. The van der Waals surface area contributed by atoms with Gasteiger partial charge in [-0.3, -0.25) is 4.79 Å². The van der Waals surface area contributed by atoms with Gasteiger partial charge in [0.15, 0.2) is 0 Å². The Morgan fingerprint density at radius 2 is 2.35 bits per heavy atom. The number of carboxylic acids is 1. The largest absolute Gasteiger partial charge is 0.490 e. The van der Waals surface area contributed by atoms with Crippen LogP contribution in [0.25, 0.3) is 0 Å². The van der Waals surface area contributed by atoms with E-state index >= 15 is 0 Å². The van der Waals surface area contributed by atoms with Gasteiger partial charge in [-0.1, -0.05) is 24.8 Å². The second-order valence-electron chi connectivity index (χ2n) is 3.73. The SMILES string of the molecule is C=CCOc1cccc(CCC(N)C(=O)O)c1. The average Bonchev–Trinajstić information content (AvgIpc) is 2.33. The van der Waals surface area contributed by atoms with Crippen molar-refractivity contribution in [3.8, 4) is 5.75 Å². The number of rotatable bonds is 7. The maximum Gasteiger partial charge on any atom is 0.320 e. The van der Waals surface area contributed by atoms with E-state index in [1.54, 1.807) is 6.08 Å². The van der Waals surface area contributed by atoms with E-state index in [0.717, 1.165) is 11.3 Å². The van der Waals surface area contributed by atoms with E-state index in [2.05, 4.69) is 6.58 Å². The van der Waals surface area contributed by atoms with Crippen molar-refractivity contribution in [2.75, 3.05) is 6.61 Å². The molecule has 3 N–H and O–H groups in total. The molecule has 0 saturated carbocycles. The fourth-order valence-electron chi connectivity index (χ4n) is 1.39. The monoisotopic (exact) mass is 235 g/mol. The molecule has 0 saturated heterocycles. The van der Waals surface area contributed by atoms with E-state index in [0.29, 0.717) is 19.4 Å². The minimum Gasteiger partial charge on any atom is -0.490 e. The first-order chi connectivity index (χ1) is 8.13. The lowest BCUT2D eigenvalue weighted by Gasteiger charge is -2.08. The zero-order valence-electron chi connectivity index (χ0n) is 9.63. The van der Waals surface area contributed by atoms with Crippen LogP contribution in [0.4, 0.5) is 0 Å². The Morgan fingerprint density at radius 1 is 1.59 bits per heavy atom. The van der Waals surface area contributed by atoms with Gasteiger partial charge in [0.1, 0.15) is 18.4 Å². The Balaban J connectivity index is 2.53. The molecule has 0 aliphatic heterocycles. The lowest BCUT2D eigenvalue weighted by Crippen LogP contribution is -2.30. The zero-order valence-corrected chi connectivity index (χ0v) is 9.63. The van der Waals surface area contributed by atoms with E-state index < -0.39 is 12.0 Å². The normalized spacial score (nSPS) is 11.8. The predicted octanol–water partition coefficient (Wildman–Crippen LogP) is 1.60. The van der Waals surface area contributed by atoms with Gasteiger partial charge in [-0.25, -0.2) is 0 Å². The first-order valence-electron chi connectivity index (χ1n) is 5.44. The van der Waals surface area contributed by atoms with Crippen LogP contribution in [0.2, 0.25) is 0 Å². The van der Waals surface area contributed by atoms with Crippen molar-refractivity contribution >= 4 is 5.97 Å². The highest BCUT2D eigenvalue weighted by molar-refractivity contribution is 5.73. The van der Waals surface area contributed by atoms with Crippen LogP contribution in [0.5, 0.6) is 5.75 Å². The van der Waals surface area contributed by atoms with E-state index in [-0.39, 0.29) is 0 Å². The topological polar surface area (TPSA) is 72.5 Å². The van der Waals surface area contributed by atoms with Crippen LogP contribution in [0.15, 0.2) is 36.9 Å². The standard InChI is InChI=1S/C13H17NO3/c1-2-8-17-11-5-3-4-10(9-11)6-7-12(14)13(15)16/h2-5,9,12H,1,6-8,14H2,(H,15,16). The van der Waals surface area contributed by atoms with E-state index in [1.165, 1.54) is 0 Å². The molecule has 4 nitrogen and oxygen atoms in total. The third-order valence-electron chi connectivity index (χ3n) is 2.33. The Kier molecular flexibility index (Phi) is 5.23. The molecule has 0 spiro atoms. The van der Waals surface area contributed by atoms with Crippen LogP contribution >= 0.6 is 0 Å². The molecule has 1 aromatic carbocycles. The Morgan fingerprint density at radius 3 is 3.00 bits per heavy atom. The predicted molar refractivity (Wildman–Crippen MR) is 66.1 cm³/mol. The molecule has 1 rings (SSSR count). The molecule has 4 heteroatoms. The number of benzene rings is 1. The van der Waals surface area contributed by atoms with Crippen LogP contribution in [0, 0.1) is 0 Å². The molecule has 0 radical (unpaired) electrons. The summed E-state index contributed by atoms with van der Waals surface area (Å²) in [7, 11) is 0. The zero-order chi connectivity index (χ0) is 12.7. The van der Waals surface area contributed by atoms with Crippen molar-refractivity contribution in [2.24, 2.45) is 5.73 Å². The quantitative estimate of drug-likeness (QED) is 0.704. The summed E-state index contributed by atoms with van der Waals surface area (Å²) in [4.78, 5) is 10.6. The van der Waals surface area contributed by atoms with Gasteiger partial charge < -0.3 is 15.6 Å². The summed E-state index contributed by atoms with van der Waals surface area (Å²) >= 11 is 0. The van der Waals surface area contributed by atoms with Gasteiger partial charge in [0.2, 0.25) is 0 Å². The summed E-state index contributed by atoms with van der Waals surface area (Å²) in [5.41, 5.74) is 6.46. The number of carbonyl (C=O) groups is 1. The lowest BCUT2D eigenvalue weighted by atomic mass is 10.1. The molecular weight excluding hydrogens is 218 g/mol. The van der Waals surface area contributed by atoms with Gasteiger partial charge in [0, 0.05) is 0 Å². The number of aliphatic carboxylic acids is 1. The highest BCUT2D eigenvalue weighted by Gasteiger charge is 2.10. The number of hydrogen-bond donors (Lipinski definition) is 2. The van der Waals surface area contributed by atoms with Crippen LogP contribution in [-0.2, 0) is 11.2 Å². The molecule has 17 heavy (non-hydrogen) atoms. The number of hydrogen-bond acceptors (Lipinski definition) is 3. The Labute approximate surface area is 101 Å². The highest BCUT2D eigenvalue weighted by atomic mass is 16.5. The van der Waals surface area contributed by atoms with E-state index in [1.807, 2.05) is 24.3 Å². The average molecular weight is 235 g/mol. The first-order valence-corrected chi connectivity index (χ1v) is 5.44. The maximum atomic E-state index is 10.6. The summed E-state index contributed by atoms with van der Waals surface area (Å²) in [6.07, 6.45) is 2.71. The Hall–Kier alpha value is -1.81. The summed E-state index contributed by atoms with van der Waals surface area (Å²) < 4.78 is 5.38. The van der Waals surface area contributed by atoms with Gasteiger partial charge in [0.25, 0.3) is 0 Å². The molecule has 0 aliphatic rings. The summed E-state index contributed by atoms with van der Waals surface area (Å²) in [5.74, 6) is -0.213. The van der Waals surface area contributed by atoms with E-state index in [4.69, 9.17) is 15.6 Å². The first kappa shape index (κ1) is 13.3. The van der Waals surface area contributed by atoms with Crippen LogP contribution in [-0.4, -0.2) is 23.7 Å². The summed E-state index contributed by atoms with van der Waals surface area (Å²) in [5, 5.41) is 8.67. The number of carboxylic acid groups (broad SMARTS) is 1. The smallest absolute Gasteiger partial charge is 0.320 e. The molecule has 92 valence electrons. The maximum absolute atomic E-state index is 10.6.